The van der Waals surface area contributed by atoms with Crippen molar-refractivity contribution >= 4 is 22.7 Å². The smallest absolute Gasteiger partial charge is 0.121 e. The molecule has 0 aliphatic rings. The normalized spacial score (nSPS) is 10.2. The molecule has 0 aromatic heterocycles. The number of anilines is 4. The van der Waals surface area contributed by atoms with Crippen LogP contribution in [0.4, 0.5) is 22.7 Å². The molecule has 0 unspecified atom stereocenters. The molecule has 2 rings (SSSR count). The molecule has 0 saturated heterocycles. The number of rotatable bonds is 6. The highest BCUT2D eigenvalue weighted by Crippen LogP contribution is 2.26. The van der Waals surface area contributed by atoms with Gasteiger partial charge in [0.1, 0.15) is 12.4 Å². The molecule has 0 saturated carbocycles. The van der Waals surface area contributed by atoms with Crippen LogP contribution in [0, 0.1) is 0 Å². The lowest BCUT2D eigenvalue weighted by Gasteiger charge is -2.11. The first kappa shape index (κ1) is 14.0. The Kier molecular flexibility index (Phi) is 4.68. The first-order valence-corrected chi connectivity index (χ1v) is 6.33. The number of nitrogens with two attached hydrogens (primary N) is 2. The highest BCUT2D eigenvalue weighted by atomic mass is 16.5. The number of benzene rings is 2. The van der Waals surface area contributed by atoms with Gasteiger partial charge in [-0.2, -0.15) is 0 Å². The Morgan fingerprint density at radius 1 is 1.05 bits per heavy atom. The second-order valence-electron chi connectivity index (χ2n) is 4.34. The van der Waals surface area contributed by atoms with E-state index in [4.69, 9.17) is 20.9 Å². The fraction of sp³-hybridized carbons (Fsp3) is 0.200. The average Bonchev–Trinajstić information content (AvgIpc) is 2.43. The van der Waals surface area contributed by atoms with Gasteiger partial charge in [-0.15, -0.1) is 0 Å². The second-order valence-corrected chi connectivity index (χ2v) is 4.34. The van der Waals surface area contributed by atoms with Gasteiger partial charge >= 0.3 is 0 Å². The van der Waals surface area contributed by atoms with Gasteiger partial charge in [-0.05, 0) is 30.3 Å². The third kappa shape index (κ3) is 3.80. The van der Waals surface area contributed by atoms with Crippen LogP contribution in [0.2, 0.25) is 0 Å². The molecule has 0 heterocycles. The maximum absolute atomic E-state index is 5.92. The van der Waals surface area contributed by atoms with Crippen molar-refractivity contribution in [3.05, 3.63) is 42.5 Å². The maximum Gasteiger partial charge on any atom is 0.121 e. The van der Waals surface area contributed by atoms with Crippen molar-refractivity contribution in [2.24, 2.45) is 0 Å². The van der Waals surface area contributed by atoms with Gasteiger partial charge in [0.2, 0.25) is 0 Å². The molecule has 2 aromatic rings. The lowest BCUT2D eigenvalue weighted by Crippen LogP contribution is -2.04. The van der Waals surface area contributed by atoms with Gasteiger partial charge in [0.05, 0.1) is 18.0 Å². The van der Waals surface area contributed by atoms with E-state index in [0.29, 0.717) is 24.6 Å². The number of ether oxygens (including phenoxy) is 2. The van der Waals surface area contributed by atoms with E-state index >= 15 is 0 Å². The minimum Gasteiger partial charge on any atom is -0.491 e. The van der Waals surface area contributed by atoms with Crippen LogP contribution in [0.5, 0.6) is 5.75 Å². The first-order valence-electron chi connectivity index (χ1n) is 6.33. The van der Waals surface area contributed by atoms with Gasteiger partial charge in [0, 0.05) is 24.6 Å². The molecular formula is C15H19N3O2. The standard InChI is InChI=1S/C15H19N3O2/c1-19-7-8-20-13-4-2-3-12(10-13)18-15-6-5-11(16)9-14(15)17/h2-6,9-10,18H,7-8,16-17H2,1H3. The molecule has 2 aromatic carbocycles. The number of nitrogens with one attached hydrogen (secondary N) is 1. The number of methoxy groups -OCH3 is 1. The van der Waals surface area contributed by atoms with E-state index in [1.165, 1.54) is 0 Å². The minimum absolute atomic E-state index is 0.518. The van der Waals surface area contributed by atoms with Gasteiger partial charge in [-0.3, -0.25) is 0 Å². The summed E-state index contributed by atoms with van der Waals surface area (Å²) in [6.07, 6.45) is 0. The summed E-state index contributed by atoms with van der Waals surface area (Å²) in [6.45, 7) is 1.08. The van der Waals surface area contributed by atoms with Crippen molar-refractivity contribution in [2.45, 2.75) is 0 Å². The maximum atomic E-state index is 5.92. The molecule has 0 radical (unpaired) electrons. The Bertz CT molecular complexity index is 573. The van der Waals surface area contributed by atoms with Crippen LogP contribution < -0.4 is 21.5 Å². The predicted octanol–water partition coefficient (Wildman–Crippen LogP) is 2.62. The van der Waals surface area contributed by atoms with Crippen molar-refractivity contribution in [2.75, 3.05) is 37.1 Å². The lowest BCUT2D eigenvalue weighted by molar-refractivity contribution is 0.146. The third-order valence-corrected chi connectivity index (χ3v) is 2.74. The van der Waals surface area contributed by atoms with Crippen LogP contribution in [0.25, 0.3) is 0 Å². The Hall–Kier alpha value is -2.40. The molecule has 0 bridgehead atoms. The quantitative estimate of drug-likeness (QED) is 0.556. The van der Waals surface area contributed by atoms with Gasteiger partial charge in [0.15, 0.2) is 0 Å². The summed E-state index contributed by atoms with van der Waals surface area (Å²) in [5.74, 6) is 0.779. The van der Waals surface area contributed by atoms with Crippen LogP contribution in [0.1, 0.15) is 0 Å². The highest BCUT2D eigenvalue weighted by molar-refractivity contribution is 5.75. The van der Waals surface area contributed by atoms with Crippen molar-refractivity contribution < 1.29 is 9.47 Å². The number of hydrogen-bond acceptors (Lipinski definition) is 5. The largest absolute Gasteiger partial charge is 0.491 e. The molecule has 0 amide bonds. The zero-order valence-electron chi connectivity index (χ0n) is 11.4. The third-order valence-electron chi connectivity index (χ3n) is 2.74. The van der Waals surface area contributed by atoms with Gasteiger partial charge in [-0.25, -0.2) is 0 Å². The molecule has 5 heteroatoms. The molecule has 5 nitrogen and oxygen atoms in total. The molecular weight excluding hydrogens is 254 g/mol. The Morgan fingerprint density at radius 3 is 2.65 bits per heavy atom. The van der Waals surface area contributed by atoms with Crippen LogP contribution in [-0.2, 0) is 4.74 Å². The fourth-order valence-corrected chi connectivity index (χ4v) is 1.76. The van der Waals surface area contributed by atoms with Crippen LogP contribution in [0.15, 0.2) is 42.5 Å². The molecule has 0 aliphatic heterocycles. The summed E-state index contributed by atoms with van der Waals surface area (Å²) >= 11 is 0. The summed E-state index contributed by atoms with van der Waals surface area (Å²) in [6, 6.07) is 13.0. The van der Waals surface area contributed by atoms with E-state index in [0.717, 1.165) is 17.1 Å². The Morgan fingerprint density at radius 2 is 1.90 bits per heavy atom. The summed E-state index contributed by atoms with van der Waals surface area (Å²) in [5, 5.41) is 3.24. The topological polar surface area (TPSA) is 82.5 Å². The fourth-order valence-electron chi connectivity index (χ4n) is 1.76. The van der Waals surface area contributed by atoms with Gasteiger partial charge < -0.3 is 26.3 Å². The molecule has 0 spiro atoms. The van der Waals surface area contributed by atoms with E-state index in [-0.39, 0.29) is 0 Å². The zero-order chi connectivity index (χ0) is 14.4. The summed E-state index contributed by atoms with van der Waals surface area (Å²) in [7, 11) is 1.64. The van der Waals surface area contributed by atoms with E-state index in [1.807, 2.05) is 30.3 Å². The molecule has 106 valence electrons. The van der Waals surface area contributed by atoms with E-state index in [9.17, 15) is 0 Å². The predicted molar refractivity (Wildman–Crippen MR) is 82.4 cm³/mol. The monoisotopic (exact) mass is 273 g/mol. The Labute approximate surface area is 118 Å². The highest BCUT2D eigenvalue weighted by Gasteiger charge is 2.02. The molecule has 0 atom stereocenters. The van der Waals surface area contributed by atoms with E-state index in [2.05, 4.69) is 5.32 Å². The summed E-state index contributed by atoms with van der Waals surface area (Å²) in [5.41, 5.74) is 14.6. The first-order chi connectivity index (χ1) is 9.69. The average molecular weight is 273 g/mol. The summed E-state index contributed by atoms with van der Waals surface area (Å²) < 4.78 is 10.5. The van der Waals surface area contributed by atoms with Crippen LogP contribution >= 0.6 is 0 Å². The lowest BCUT2D eigenvalue weighted by atomic mass is 10.2. The molecule has 0 aliphatic carbocycles. The Balaban J connectivity index is 2.07. The van der Waals surface area contributed by atoms with E-state index < -0.39 is 0 Å². The van der Waals surface area contributed by atoms with Gasteiger partial charge in [0.25, 0.3) is 0 Å². The van der Waals surface area contributed by atoms with Crippen molar-refractivity contribution in [1.82, 2.24) is 0 Å². The number of nitrogen functional groups attached to an aromatic ring is 2. The van der Waals surface area contributed by atoms with Crippen LogP contribution in [-0.4, -0.2) is 20.3 Å². The SMILES string of the molecule is COCCOc1cccc(Nc2ccc(N)cc2N)c1. The van der Waals surface area contributed by atoms with Crippen molar-refractivity contribution in [3.63, 3.8) is 0 Å². The van der Waals surface area contributed by atoms with Crippen molar-refractivity contribution in [3.8, 4) is 5.75 Å². The molecule has 20 heavy (non-hydrogen) atoms. The molecule has 5 N–H and O–H groups in total. The zero-order valence-corrected chi connectivity index (χ0v) is 11.4. The number of hydrogen-bond donors (Lipinski definition) is 3. The second kappa shape index (κ2) is 6.68. The van der Waals surface area contributed by atoms with Crippen LogP contribution in [0.3, 0.4) is 0 Å². The minimum atomic E-state index is 0.518. The molecule has 0 fully saturated rings. The van der Waals surface area contributed by atoms with Gasteiger partial charge in [-0.1, -0.05) is 6.07 Å². The van der Waals surface area contributed by atoms with E-state index in [1.54, 1.807) is 19.2 Å². The van der Waals surface area contributed by atoms with Crippen molar-refractivity contribution in [1.29, 1.82) is 0 Å². The summed E-state index contributed by atoms with van der Waals surface area (Å²) in [4.78, 5) is 0.